The lowest BCUT2D eigenvalue weighted by Crippen LogP contribution is -2.53. The second-order valence-corrected chi connectivity index (χ2v) is 13.1. The summed E-state index contributed by atoms with van der Waals surface area (Å²) < 4.78 is 35.6. The van der Waals surface area contributed by atoms with E-state index in [1.807, 2.05) is 61.5 Å². The molecule has 0 fully saturated rings. The molecule has 1 atom stereocenters. The second kappa shape index (κ2) is 15.2. The Balaban J connectivity index is 1.78. The Morgan fingerprint density at radius 3 is 2.11 bits per heavy atom. The molecule has 0 unspecified atom stereocenters. The topological polar surface area (TPSA) is 96.0 Å². The quantitative estimate of drug-likeness (QED) is 0.183. The van der Waals surface area contributed by atoms with Crippen molar-refractivity contribution < 1.29 is 22.7 Å². The molecular weight excluding hydrogens is 666 g/mol. The molecule has 0 spiro atoms. The van der Waals surface area contributed by atoms with E-state index in [0.29, 0.717) is 17.4 Å². The van der Waals surface area contributed by atoms with Crippen molar-refractivity contribution in [2.45, 2.75) is 30.8 Å². The number of sulfonamides is 1. The highest BCUT2D eigenvalue weighted by atomic mass is 79.9. The van der Waals surface area contributed by atoms with Crippen molar-refractivity contribution in [3.8, 4) is 5.75 Å². The third-order valence-electron chi connectivity index (χ3n) is 6.90. The zero-order valence-electron chi connectivity index (χ0n) is 24.3. The van der Waals surface area contributed by atoms with Gasteiger partial charge in [0.1, 0.15) is 18.3 Å². The number of benzene rings is 4. The Labute approximate surface area is 271 Å². The van der Waals surface area contributed by atoms with Gasteiger partial charge < -0.3 is 15.0 Å². The maximum Gasteiger partial charge on any atom is 0.264 e. The van der Waals surface area contributed by atoms with Gasteiger partial charge in [-0.15, -0.1) is 0 Å². The number of hydrogen-bond acceptors (Lipinski definition) is 5. The molecule has 0 aliphatic heterocycles. The van der Waals surface area contributed by atoms with Gasteiger partial charge in [0.2, 0.25) is 11.8 Å². The van der Waals surface area contributed by atoms with Crippen LogP contribution in [0.1, 0.15) is 18.1 Å². The van der Waals surface area contributed by atoms with Crippen LogP contribution >= 0.6 is 27.5 Å². The van der Waals surface area contributed by atoms with Gasteiger partial charge in [-0.25, -0.2) is 8.42 Å². The van der Waals surface area contributed by atoms with Crippen molar-refractivity contribution in [1.82, 2.24) is 10.2 Å². The van der Waals surface area contributed by atoms with Crippen molar-refractivity contribution >= 4 is 55.1 Å². The fourth-order valence-electron chi connectivity index (χ4n) is 4.64. The average molecular weight is 699 g/mol. The number of anilines is 1. The molecule has 0 aromatic heterocycles. The minimum atomic E-state index is -4.23. The van der Waals surface area contributed by atoms with E-state index < -0.39 is 28.5 Å². The van der Waals surface area contributed by atoms with E-state index in [1.54, 1.807) is 24.3 Å². The lowest BCUT2D eigenvalue weighted by molar-refractivity contribution is -0.139. The van der Waals surface area contributed by atoms with Gasteiger partial charge in [0.25, 0.3) is 10.0 Å². The Morgan fingerprint density at radius 1 is 0.886 bits per heavy atom. The normalized spacial score (nSPS) is 11.8. The smallest absolute Gasteiger partial charge is 0.264 e. The van der Waals surface area contributed by atoms with Crippen LogP contribution < -0.4 is 14.4 Å². The van der Waals surface area contributed by atoms with E-state index in [0.717, 1.165) is 19.9 Å². The molecule has 0 aliphatic rings. The molecule has 4 rings (SSSR count). The van der Waals surface area contributed by atoms with Crippen LogP contribution in [0, 0.1) is 0 Å². The molecule has 0 aliphatic carbocycles. The summed E-state index contributed by atoms with van der Waals surface area (Å²) in [6.07, 6.45) is 0.232. The SMILES string of the molecule is CCOc1ccc(N(CC(=O)N(Cc2ccc(Br)cc2)[C@@H](Cc2ccccc2)C(=O)NC)S(=O)(=O)c2ccc(Cl)cc2)cc1. The van der Waals surface area contributed by atoms with Crippen LogP contribution in [0.3, 0.4) is 0 Å². The molecule has 44 heavy (non-hydrogen) atoms. The largest absolute Gasteiger partial charge is 0.494 e. The lowest BCUT2D eigenvalue weighted by atomic mass is 10.0. The minimum Gasteiger partial charge on any atom is -0.494 e. The highest BCUT2D eigenvalue weighted by Gasteiger charge is 2.34. The van der Waals surface area contributed by atoms with Crippen LogP contribution in [0.4, 0.5) is 5.69 Å². The molecule has 11 heteroatoms. The summed E-state index contributed by atoms with van der Waals surface area (Å²) in [5, 5.41) is 3.06. The number of hydrogen-bond donors (Lipinski definition) is 1. The standard InChI is InChI=1S/C33H33BrClN3O5S/c1-3-43-29-17-15-28(16-18-29)38(44(41,42)30-19-13-27(35)14-20-30)23-32(39)37(22-25-9-11-26(34)12-10-25)31(33(40)36-2)21-24-7-5-4-6-8-24/h4-20,31H,3,21-23H2,1-2H3,(H,36,40)/t31-/m0/s1. The molecule has 230 valence electrons. The third-order valence-corrected chi connectivity index (χ3v) is 9.47. The van der Waals surface area contributed by atoms with E-state index in [-0.39, 0.29) is 29.5 Å². The predicted molar refractivity (Wildman–Crippen MR) is 176 cm³/mol. The van der Waals surface area contributed by atoms with Crippen molar-refractivity contribution in [2.75, 3.05) is 24.5 Å². The summed E-state index contributed by atoms with van der Waals surface area (Å²) >= 11 is 9.47. The van der Waals surface area contributed by atoms with Gasteiger partial charge in [0, 0.05) is 29.5 Å². The average Bonchev–Trinajstić information content (AvgIpc) is 3.03. The number of rotatable bonds is 13. The molecule has 1 N–H and O–H groups in total. The van der Waals surface area contributed by atoms with E-state index in [2.05, 4.69) is 21.2 Å². The summed E-state index contributed by atoms with van der Waals surface area (Å²) in [4.78, 5) is 29.1. The Hall–Kier alpha value is -3.86. The monoisotopic (exact) mass is 697 g/mol. The molecule has 0 saturated carbocycles. The number of carbonyl (C=O) groups excluding carboxylic acids is 2. The van der Waals surface area contributed by atoms with Gasteiger partial charge in [-0.05, 0) is 78.7 Å². The molecule has 0 radical (unpaired) electrons. The van der Waals surface area contributed by atoms with Crippen LogP contribution in [0.25, 0.3) is 0 Å². The summed E-state index contributed by atoms with van der Waals surface area (Å²) in [5.41, 5.74) is 1.89. The number of likely N-dealkylation sites (N-methyl/N-ethyl adjacent to an activating group) is 1. The first kappa shape index (κ1) is 33.0. The Kier molecular flexibility index (Phi) is 11.4. The van der Waals surface area contributed by atoms with E-state index in [9.17, 15) is 18.0 Å². The fourth-order valence-corrected chi connectivity index (χ4v) is 6.45. The summed E-state index contributed by atoms with van der Waals surface area (Å²) in [5.74, 6) is -0.359. The number of nitrogens with zero attached hydrogens (tertiary/aromatic N) is 2. The number of ether oxygens (including phenoxy) is 1. The van der Waals surface area contributed by atoms with E-state index in [4.69, 9.17) is 16.3 Å². The van der Waals surface area contributed by atoms with Crippen molar-refractivity contribution in [3.63, 3.8) is 0 Å². The van der Waals surface area contributed by atoms with Gasteiger partial charge in [-0.3, -0.25) is 13.9 Å². The minimum absolute atomic E-state index is 0.0322. The molecule has 2 amide bonds. The molecule has 0 bridgehead atoms. The number of carbonyl (C=O) groups is 2. The molecule has 4 aromatic carbocycles. The third kappa shape index (κ3) is 8.40. The zero-order chi connectivity index (χ0) is 31.7. The maximum atomic E-state index is 14.3. The summed E-state index contributed by atoms with van der Waals surface area (Å²) in [6, 6.07) is 28.1. The number of halogens is 2. The highest BCUT2D eigenvalue weighted by molar-refractivity contribution is 9.10. The lowest BCUT2D eigenvalue weighted by Gasteiger charge is -2.33. The molecule has 4 aromatic rings. The van der Waals surface area contributed by atoms with Gasteiger partial charge in [0.15, 0.2) is 0 Å². The first-order valence-electron chi connectivity index (χ1n) is 13.9. The van der Waals surface area contributed by atoms with Crippen LogP contribution in [0.2, 0.25) is 5.02 Å². The van der Waals surface area contributed by atoms with Gasteiger partial charge in [-0.1, -0.05) is 70.0 Å². The number of nitrogens with one attached hydrogen (secondary N) is 1. The van der Waals surface area contributed by atoms with Crippen LogP contribution in [0.5, 0.6) is 5.75 Å². The second-order valence-electron chi connectivity index (χ2n) is 9.86. The van der Waals surface area contributed by atoms with Gasteiger partial charge in [0.05, 0.1) is 17.2 Å². The maximum absolute atomic E-state index is 14.3. The van der Waals surface area contributed by atoms with Gasteiger partial charge in [-0.2, -0.15) is 0 Å². The van der Waals surface area contributed by atoms with Crippen LogP contribution in [0.15, 0.2) is 112 Å². The van der Waals surface area contributed by atoms with E-state index >= 15 is 0 Å². The molecule has 0 saturated heterocycles. The Morgan fingerprint density at radius 2 is 1.52 bits per heavy atom. The zero-order valence-corrected chi connectivity index (χ0v) is 27.5. The number of amides is 2. The van der Waals surface area contributed by atoms with Crippen molar-refractivity contribution in [1.29, 1.82) is 0 Å². The van der Waals surface area contributed by atoms with Crippen molar-refractivity contribution in [2.24, 2.45) is 0 Å². The van der Waals surface area contributed by atoms with Crippen molar-refractivity contribution in [3.05, 3.63) is 124 Å². The highest BCUT2D eigenvalue weighted by Crippen LogP contribution is 2.28. The summed E-state index contributed by atoms with van der Waals surface area (Å²) in [7, 11) is -2.72. The molecule has 0 heterocycles. The van der Waals surface area contributed by atoms with E-state index in [1.165, 1.54) is 36.2 Å². The first-order valence-corrected chi connectivity index (χ1v) is 16.5. The first-order chi connectivity index (χ1) is 21.1. The Bertz CT molecular complexity index is 1650. The van der Waals surface area contributed by atoms with Crippen LogP contribution in [-0.4, -0.2) is 51.4 Å². The molecule has 8 nitrogen and oxygen atoms in total. The predicted octanol–water partition coefficient (Wildman–Crippen LogP) is 6.08. The van der Waals surface area contributed by atoms with Crippen LogP contribution in [-0.2, 0) is 32.6 Å². The molecular formula is C33H33BrClN3O5S. The summed E-state index contributed by atoms with van der Waals surface area (Å²) in [6.45, 7) is 1.81. The fraction of sp³-hybridized carbons (Fsp3) is 0.212. The van der Waals surface area contributed by atoms with Gasteiger partial charge >= 0.3 is 0 Å².